The molecule has 4 aromatic carbocycles. The van der Waals surface area contributed by atoms with E-state index in [1.54, 1.807) is 0 Å². The van der Waals surface area contributed by atoms with Crippen molar-refractivity contribution < 1.29 is 0 Å². The Morgan fingerprint density at radius 2 is 0.882 bits per heavy atom. The minimum Gasteiger partial charge on any atom is -0.248 e. The van der Waals surface area contributed by atoms with Gasteiger partial charge in [-0.15, -0.1) is 0 Å². The van der Waals surface area contributed by atoms with Gasteiger partial charge in [-0.2, -0.15) is 0 Å². The van der Waals surface area contributed by atoms with Crippen molar-refractivity contribution in [2.75, 3.05) is 0 Å². The summed E-state index contributed by atoms with van der Waals surface area (Å²) in [6, 6.07) is 46.2. The molecule has 0 bridgehead atoms. The predicted octanol–water partition coefficient (Wildman–Crippen LogP) is 8.17. The number of hydrogen-bond donors (Lipinski definition) is 0. The lowest BCUT2D eigenvalue weighted by molar-refractivity contribution is 0.685. The first-order valence-corrected chi connectivity index (χ1v) is 15.2. The fourth-order valence-electron chi connectivity index (χ4n) is 5.36. The minimum atomic E-state index is -0.574. The zero-order chi connectivity index (χ0) is 22.7. The summed E-state index contributed by atoms with van der Waals surface area (Å²) >= 11 is 0. The second-order valence-corrected chi connectivity index (χ2v) is 14.2. The van der Waals surface area contributed by atoms with Crippen LogP contribution in [0.1, 0.15) is 48.1 Å². The van der Waals surface area contributed by atoms with Crippen molar-refractivity contribution in [2.45, 2.75) is 43.0 Å². The van der Waals surface area contributed by atoms with Crippen LogP contribution in [0.2, 0.25) is 0 Å². The van der Waals surface area contributed by atoms with E-state index in [9.17, 15) is 0 Å². The van der Waals surface area contributed by atoms with Crippen LogP contribution in [0, 0.1) is 0 Å². The molecule has 0 amide bonds. The molecule has 2 fully saturated rings. The molecule has 34 heavy (non-hydrogen) atoms. The Morgan fingerprint density at radius 1 is 0.500 bits per heavy atom. The molecule has 0 N–H and O–H groups in total. The Hall–Kier alpha value is -2.30. The molecule has 0 aromatic heterocycles. The molecule has 1 aliphatic carbocycles. The van der Waals surface area contributed by atoms with E-state index in [4.69, 9.17) is 0 Å². The van der Waals surface area contributed by atoms with Gasteiger partial charge < -0.3 is 0 Å². The van der Waals surface area contributed by atoms with Crippen LogP contribution >= 0.6 is 16.1 Å². The third-order valence-electron chi connectivity index (χ3n) is 7.04. The van der Waals surface area contributed by atoms with Gasteiger partial charge in [-0.1, -0.05) is 121 Å². The van der Waals surface area contributed by atoms with E-state index in [2.05, 4.69) is 126 Å². The Labute approximate surface area is 206 Å². The van der Waals surface area contributed by atoms with Gasteiger partial charge in [0.2, 0.25) is 0 Å². The Kier molecular flexibility index (Phi) is 6.61. The molecule has 3 heteroatoms. The smallest absolute Gasteiger partial charge is 0.0321 e. The highest BCUT2D eigenvalue weighted by atomic mass is 31.2. The first kappa shape index (κ1) is 22.2. The molecule has 1 nitrogen and oxygen atoms in total. The molecule has 2 atom stereocenters. The van der Waals surface area contributed by atoms with Crippen LogP contribution < -0.4 is 10.6 Å². The summed E-state index contributed by atoms with van der Waals surface area (Å²) in [4.78, 5) is 0. The Morgan fingerprint density at radius 3 is 1.26 bits per heavy atom. The lowest BCUT2D eigenvalue weighted by atomic mass is 10.0. The average Bonchev–Trinajstić information content (AvgIpc) is 3.67. The molecule has 1 heterocycles. The van der Waals surface area contributed by atoms with Gasteiger partial charge in [0.25, 0.3) is 0 Å². The molecule has 1 aliphatic heterocycles. The monoisotopic (exact) mass is 479 g/mol. The van der Waals surface area contributed by atoms with E-state index in [0.717, 1.165) is 0 Å². The Bertz CT molecular complexity index is 1090. The van der Waals surface area contributed by atoms with Gasteiger partial charge in [0, 0.05) is 25.4 Å². The van der Waals surface area contributed by atoms with E-state index in [-0.39, 0.29) is 8.07 Å². The van der Waals surface area contributed by atoms with Gasteiger partial charge in [-0.25, -0.2) is 4.44 Å². The molecular weight excluding hydrogens is 448 g/mol. The van der Waals surface area contributed by atoms with Crippen LogP contribution in [0.5, 0.6) is 0 Å². The number of nitrogens with zero attached hydrogens (tertiary/aromatic N) is 1. The summed E-state index contributed by atoms with van der Waals surface area (Å²) in [5, 5.41) is 2.98. The molecule has 6 rings (SSSR count). The van der Waals surface area contributed by atoms with Crippen molar-refractivity contribution in [1.29, 1.82) is 0 Å². The molecule has 4 aromatic rings. The standard InChI is InChI=1S/C31H31NP2/c1-5-13-25(14-6-1)30-23-24-31(26-15-7-2-8-16-26)34(30)32(27-21-22-27)33(28-17-9-3-10-18-28)29-19-11-4-12-20-29/h1-20,27,30-31H,21-24H2/t30-,31-/m0/s1. The van der Waals surface area contributed by atoms with Crippen molar-refractivity contribution in [3.05, 3.63) is 132 Å². The number of rotatable bonds is 7. The molecular formula is C31H31NP2. The molecule has 0 spiro atoms. The van der Waals surface area contributed by atoms with E-state index < -0.39 is 8.07 Å². The summed E-state index contributed by atoms with van der Waals surface area (Å²) < 4.78 is 3.07. The second-order valence-electron chi connectivity index (χ2n) is 9.34. The van der Waals surface area contributed by atoms with Crippen molar-refractivity contribution >= 4 is 26.8 Å². The second kappa shape index (κ2) is 10.1. The summed E-state index contributed by atoms with van der Waals surface area (Å²) in [5.74, 6) is 0. The van der Waals surface area contributed by atoms with Gasteiger partial charge in [-0.3, -0.25) is 0 Å². The first-order valence-electron chi connectivity index (χ1n) is 12.5. The van der Waals surface area contributed by atoms with Crippen molar-refractivity contribution in [3.8, 4) is 0 Å². The van der Waals surface area contributed by atoms with E-state index in [1.165, 1.54) is 47.4 Å². The maximum atomic E-state index is 3.07. The summed E-state index contributed by atoms with van der Waals surface area (Å²) in [6.45, 7) is 0. The molecule has 0 radical (unpaired) electrons. The highest BCUT2D eigenvalue weighted by Gasteiger charge is 2.49. The zero-order valence-electron chi connectivity index (χ0n) is 19.4. The molecule has 0 unspecified atom stereocenters. The number of hydrogen-bond acceptors (Lipinski definition) is 1. The third-order valence-corrected chi connectivity index (χ3v) is 13.7. The predicted molar refractivity (Wildman–Crippen MR) is 148 cm³/mol. The van der Waals surface area contributed by atoms with Gasteiger partial charge in [0.15, 0.2) is 0 Å². The number of benzene rings is 4. The van der Waals surface area contributed by atoms with Crippen LogP contribution in [0.4, 0.5) is 0 Å². The topological polar surface area (TPSA) is 3.24 Å². The summed E-state index contributed by atoms with van der Waals surface area (Å²) in [5.41, 5.74) is 4.32. The maximum Gasteiger partial charge on any atom is 0.0321 e. The summed E-state index contributed by atoms with van der Waals surface area (Å²) in [7, 11) is -0.964. The van der Waals surface area contributed by atoms with Crippen LogP contribution in [-0.4, -0.2) is 10.5 Å². The first-order chi connectivity index (χ1) is 16.9. The molecule has 2 aliphatic rings. The van der Waals surface area contributed by atoms with E-state index in [1.807, 2.05) is 0 Å². The lowest BCUT2D eigenvalue weighted by Gasteiger charge is -2.42. The van der Waals surface area contributed by atoms with E-state index in [0.29, 0.717) is 17.4 Å². The Balaban J connectivity index is 1.50. The third kappa shape index (κ3) is 4.50. The maximum absolute atomic E-state index is 3.07. The molecule has 1 saturated heterocycles. The van der Waals surface area contributed by atoms with Gasteiger partial charge in [-0.05, 0) is 55.5 Å². The van der Waals surface area contributed by atoms with Crippen LogP contribution in [-0.2, 0) is 0 Å². The SMILES string of the molecule is c1ccc([C@@H]2CC[C@@H](c3ccccc3)P2N(C2CC2)P(c2ccccc2)c2ccccc2)cc1. The van der Waals surface area contributed by atoms with Crippen LogP contribution in [0.15, 0.2) is 121 Å². The van der Waals surface area contributed by atoms with Crippen molar-refractivity contribution in [2.24, 2.45) is 0 Å². The van der Waals surface area contributed by atoms with Gasteiger partial charge >= 0.3 is 0 Å². The van der Waals surface area contributed by atoms with Crippen molar-refractivity contribution in [1.82, 2.24) is 4.44 Å². The minimum absolute atomic E-state index is 0.389. The fourth-order valence-corrected chi connectivity index (χ4v) is 13.2. The average molecular weight is 480 g/mol. The molecule has 1 saturated carbocycles. The largest absolute Gasteiger partial charge is 0.248 e. The normalized spacial score (nSPS) is 20.8. The highest BCUT2D eigenvalue weighted by Crippen LogP contribution is 2.78. The van der Waals surface area contributed by atoms with Crippen molar-refractivity contribution in [3.63, 3.8) is 0 Å². The van der Waals surface area contributed by atoms with Crippen LogP contribution in [0.3, 0.4) is 0 Å². The zero-order valence-corrected chi connectivity index (χ0v) is 21.2. The fraction of sp³-hybridized carbons (Fsp3) is 0.226. The summed E-state index contributed by atoms with van der Waals surface area (Å²) in [6.07, 6.45) is 5.23. The van der Waals surface area contributed by atoms with Gasteiger partial charge in [0.05, 0.1) is 0 Å². The quantitative estimate of drug-likeness (QED) is 0.242. The molecule has 170 valence electrons. The lowest BCUT2D eigenvalue weighted by Crippen LogP contribution is -2.28. The van der Waals surface area contributed by atoms with Crippen LogP contribution in [0.25, 0.3) is 0 Å². The highest BCUT2D eigenvalue weighted by molar-refractivity contribution is 7.79. The van der Waals surface area contributed by atoms with E-state index >= 15 is 0 Å². The van der Waals surface area contributed by atoms with Gasteiger partial charge in [0.1, 0.15) is 0 Å².